The van der Waals surface area contributed by atoms with Crippen LogP contribution in [-0.4, -0.2) is 16.4 Å². The van der Waals surface area contributed by atoms with Crippen LogP contribution in [0, 0.1) is 0 Å². The van der Waals surface area contributed by atoms with Crippen LogP contribution in [-0.2, 0) is 0 Å². The summed E-state index contributed by atoms with van der Waals surface area (Å²) in [5, 5.41) is 7.92. The maximum Gasteiger partial charge on any atom is 0.330 e. The number of anilines is 1. The Morgan fingerprint density at radius 1 is 1.32 bits per heavy atom. The average molecular weight is 277 g/mol. The molecule has 0 bridgehead atoms. The zero-order valence-electron chi connectivity index (χ0n) is 10.4. The predicted octanol–water partition coefficient (Wildman–Crippen LogP) is 3.54. The number of carbonyl (C=O) groups is 1. The molecule has 1 saturated carbocycles. The van der Waals surface area contributed by atoms with Crippen LogP contribution in [0.4, 0.5) is 10.6 Å². The minimum atomic E-state index is -0.254. The monoisotopic (exact) mass is 277 g/mol. The molecule has 1 aromatic carbocycles. The Kier molecular flexibility index (Phi) is 3.59. The number of nitrogens with one attached hydrogen (secondary N) is 2. The third kappa shape index (κ3) is 2.84. The van der Waals surface area contributed by atoms with Crippen LogP contribution in [0.2, 0.25) is 0 Å². The third-order valence-electron chi connectivity index (χ3n) is 3.23. The van der Waals surface area contributed by atoms with E-state index in [4.69, 9.17) is 4.52 Å². The van der Waals surface area contributed by atoms with Crippen molar-refractivity contribution in [2.24, 2.45) is 0 Å². The molecule has 1 heterocycles. The molecule has 0 spiro atoms. The fourth-order valence-electron chi connectivity index (χ4n) is 2.25. The second kappa shape index (κ2) is 5.52. The molecular formula is C13H15N3O2S. The second-order valence-electron chi connectivity index (χ2n) is 4.61. The summed E-state index contributed by atoms with van der Waals surface area (Å²) < 4.78 is 7.94. The van der Waals surface area contributed by atoms with E-state index < -0.39 is 0 Å². The van der Waals surface area contributed by atoms with Gasteiger partial charge in [0.25, 0.3) is 0 Å². The van der Waals surface area contributed by atoms with Crippen LogP contribution >= 0.6 is 11.9 Å². The van der Waals surface area contributed by atoms with E-state index >= 15 is 0 Å². The Labute approximate surface area is 115 Å². The van der Waals surface area contributed by atoms with Gasteiger partial charge in [0.05, 0.1) is 5.39 Å². The average Bonchev–Trinajstić information content (AvgIpc) is 3.07. The van der Waals surface area contributed by atoms with E-state index in [0.29, 0.717) is 16.7 Å². The number of fused-ring (bicyclic) bond motifs is 1. The van der Waals surface area contributed by atoms with E-state index in [1.807, 2.05) is 24.3 Å². The minimum absolute atomic E-state index is 0.254. The Morgan fingerprint density at radius 3 is 2.95 bits per heavy atom. The van der Waals surface area contributed by atoms with Crippen molar-refractivity contribution in [3.8, 4) is 0 Å². The van der Waals surface area contributed by atoms with E-state index in [2.05, 4.69) is 15.2 Å². The Balaban J connectivity index is 1.59. The first-order chi connectivity index (χ1) is 9.33. The molecule has 1 aliphatic carbocycles. The molecule has 0 unspecified atom stereocenters. The summed E-state index contributed by atoms with van der Waals surface area (Å²) in [5.41, 5.74) is 0.668. The van der Waals surface area contributed by atoms with Gasteiger partial charge in [0, 0.05) is 5.25 Å². The molecule has 3 rings (SSSR count). The van der Waals surface area contributed by atoms with Crippen molar-refractivity contribution < 1.29 is 9.32 Å². The number of benzene rings is 1. The largest absolute Gasteiger partial charge is 0.354 e. The zero-order valence-corrected chi connectivity index (χ0v) is 11.2. The van der Waals surface area contributed by atoms with Crippen LogP contribution in [0.1, 0.15) is 25.7 Å². The summed E-state index contributed by atoms with van der Waals surface area (Å²) in [6.07, 6.45) is 4.87. The van der Waals surface area contributed by atoms with Gasteiger partial charge in [-0.15, -0.1) is 0 Å². The first-order valence-corrected chi connectivity index (χ1v) is 7.28. The van der Waals surface area contributed by atoms with E-state index in [0.717, 1.165) is 5.39 Å². The minimum Gasteiger partial charge on any atom is -0.354 e. The molecule has 0 aliphatic heterocycles. The highest BCUT2D eigenvalue weighted by molar-refractivity contribution is 7.98. The van der Waals surface area contributed by atoms with Gasteiger partial charge in [-0.25, -0.2) is 4.79 Å². The standard InChI is InChI=1S/C13H15N3O2S/c17-13(16-19-9-5-1-2-6-9)14-12-10-7-3-4-8-11(10)18-15-12/h3-4,7-9H,1-2,5-6H2,(H2,14,15,16,17). The molecule has 0 atom stereocenters. The Morgan fingerprint density at radius 2 is 2.11 bits per heavy atom. The molecule has 2 N–H and O–H groups in total. The maximum atomic E-state index is 11.8. The Hall–Kier alpha value is -1.69. The number of rotatable bonds is 3. The summed E-state index contributed by atoms with van der Waals surface area (Å²) in [6.45, 7) is 0. The predicted molar refractivity (Wildman–Crippen MR) is 76.0 cm³/mol. The molecule has 1 fully saturated rings. The number of hydrogen-bond donors (Lipinski definition) is 2. The Bertz CT molecular complexity index is 578. The van der Waals surface area contributed by atoms with Crippen LogP contribution in [0.15, 0.2) is 28.8 Å². The molecule has 2 amide bonds. The lowest BCUT2D eigenvalue weighted by Crippen LogP contribution is -2.25. The van der Waals surface area contributed by atoms with Crippen LogP contribution in [0.5, 0.6) is 0 Å². The summed E-state index contributed by atoms with van der Waals surface area (Å²) >= 11 is 1.50. The van der Waals surface area contributed by atoms with Gasteiger partial charge >= 0.3 is 6.03 Å². The molecular weight excluding hydrogens is 262 g/mol. The number of nitrogens with zero attached hydrogens (tertiary/aromatic N) is 1. The van der Waals surface area contributed by atoms with Crippen molar-refractivity contribution in [1.82, 2.24) is 9.88 Å². The highest BCUT2D eigenvalue weighted by Crippen LogP contribution is 2.27. The quantitative estimate of drug-likeness (QED) is 0.842. The summed E-state index contributed by atoms with van der Waals surface area (Å²) in [6, 6.07) is 7.18. The molecule has 2 aromatic rings. The van der Waals surface area contributed by atoms with Crippen molar-refractivity contribution in [3.05, 3.63) is 24.3 Å². The lowest BCUT2D eigenvalue weighted by molar-refractivity contribution is 0.257. The third-order valence-corrected chi connectivity index (χ3v) is 4.34. The van der Waals surface area contributed by atoms with Gasteiger partial charge in [-0.2, -0.15) is 0 Å². The zero-order chi connectivity index (χ0) is 13.1. The van der Waals surface area contributed by atoms with Crippen LogP contribution in [0.25, 0.3) is 11.0 Å². The number of aromatic nitrogens is 1. The molecule has 1 aromatic heterocycles. The molecule has 5 nitrogen and oxygen atoms in total. The number of amides is 2. The summed E-state index contributed by atoms with van der Waals surface area (Å²) in [7, 11) is 0. The van der Waals surface area contributed by atoms with E-state index in [-0.39, 0.29) is 6.03 Å². The molecule has 0 radical (unpaired) electrons. The van der Waals surface area contributed by atoms with Gasteiger partial charge in [-0.3, -0.25) is 10.0 Å². The molecule has 19 heavy (non-hydrogen) atoms. The number of carbonyl (C=O) groups excluding carboxylic acids is 1. The first-order valence-electron chi connectivity index (χ1n) is 6.40. The van der Waals surface area contributed by atoms with Crippen LogP contribution in [0.3, 0.4) is 0 Å². The fraction of sp³-hybridized carbons (Fsp3) is 0.385. The molecule has 0 saturated heterocycles. The lowest BCUT2D eigenvalue weighted by atomic mass is 10.2. The van der Waals surface area contributed by atoms with Crippen molar-refractivity contribution in [2.75, 3.05) is 5.32 Å². The van der Waals surface area contributed by atoms with Gasteiger partial charge in [-0.1, -0.05) is 30.1 Å². The molecule has 1 aliphatic rings. The van der Waals surface area contributed by atoms with Crippen molar-refractivity contribution in [3.63, 3.8) is 0 Å². The lowest BCUT2D eigenvalue weighted by Gasteiger charge is -2.09. The van der Waals surface area contributed by atoms with Gasteiger partial charge in [-0.05, 0) is 36.9 Å². The van der Waals surface area contributed by atoms with Crippen LogP contribution < -0.4 is 10.0 Å². The van der Waals surface area contributed by atoms with Gasteiger partial charge in [0.2, 0.25) is 0 Å². The molecule has 100 valence electrons. The van der Waals surface area contributed by atoms with E-state index in [1.165, 1.54) is 37.6 Å². The first kappa shape index (κ1) is 12.3. The number of urea groups is 1. The normalized spacial score (nSPS) is 15.8. The highest BCUT2D eigenvalue weighted by Gasteiger charge is 2.17. The van der Waals surface area contributed by atoms with Crippen molar-refractivity contribution in [1.29, 1.82) is 0 Å². The van der Waals surface area contributed by atoms with E-state index in [1.54, 1.807) is 0 Å². The SMILES string of the molecule is O=C(NSC1CCCC1)Nc1noc2ccccc12. The smallest absolute Gasteiger partial charge is 0.330 e. The van der Waals surface area contributed by atoms with Gasteiger partial charge < -0.3 is 4.52 Å². The van der Waals surface area contributed by atoms with Gasteiger partial charge in [0.1, 0.15) is 0 Å². The van der Waals surface area contributed by atoms with Gasteiger partial charge in [0.15, 0.2) is 11.4 Å². The number of hydrogen-bond acceptors (Lipinski definition) is 4. The second-order valence-corrected chi connectivity index (χ2v) is 5.71. The summed E-state index contributed by atoms with van der Waals surface area (Å²) in [4.78, 5) is 11.8. The highest BCUT2D eigenvalue weighted by atomic mass is 32.2. The van der Waals surface area contributed by atoms with Crippen molar-refractivity contribution >= 4 is 34.8 Å². The van der Waals surface area contributed by atoms with E-state index in [9.17, 15) is 4.79 Å². The topological polar surface area (TPSA) is 67.2 Å². The maximum absolute atomic E-state index is 11.8. The number of para-hydroxylation sites is 1. The molecule has 6 heteroatoms. The fourth-order valence-corrected chi connectivity index (χ4v) is 3.15. The van der Waals surface area contributed by atoms with Crippen molar-refractivity contribution in [2.45, 2.75) is 30.9 Å². The summed E-state index contributed by atoms with van der Waals surface area (Å²) in [5.74, 6) is 0.458.